The van der Waals surface area contributed by atoms with Crippen molar-refractivity contribution in [2.45, 2.75) is 63.1 Å². The van der Waals surface area contributed by atoms with Crippen molar-refractivity contribution in [3.05, 3.63) is 83.9 Å². The van der Waals surface area contributed by atoms with Gasteiger partial charge in [-0.3, -0.25) is 0 Å². The Hall–Kier alpha value is -2.54. The minimum atomic E-state index is -4.38. The van der Waals surface area contributed by atoms with Crippen LogP contribution in [0.25, 0.3) is 12.2 Å². The van der Waals surface area contributed by atoms with E-state index in [-0.39, 0.29) is 25.7 Å². The van der Waals surface area contributed by atoms with E-state index in [1.165, 1.54) is 0 Å². The lowest BCUT2D eigenvalue weighted by molar-refractivity contribution is -0.151. The highest BCUT2D eigenvalue weighted by Crippen LogP contribution is 2.28. The Labute approximate surface area is 190 Å². The van der Waals surface area contributed by atoms with Crippen LogP contribution < -0.4 is 0 Å². The predicted octanol–water partition coefficient (Wildman–Crippen LogP) is 8.20. The van der Waals surface area contributed by atoms with Gasteiger partial charge in [0.15, 0.2) is 0 Å². The van der Waals surface area contributed by atoms with Gasteiger partial charge in [0.25, 0.3) is 0 Å². The zero-order chi connectivity index (χ0) is 24.5. The second-order valence-corrected chi connectivity index (χ2v) is 7.99. The molecule has 2 aromatic rings. The summed E-state index contributed by atoms with van der Waals surface area (Å²) in [5, 5.41) is 0. The van der Waals surface area contributed by atoms with Crippen molar-refractivity contribution in [1.82, 2.24) is 0 Å². The molecule has 0 bridgehead atoms. The number of halogens is 6. The molecular weight excluding hydrogens is 442 g/mol. The summed E-state index contributed by atoms with van der Waals surface area (Å²) in [5.41, 5.74) is 3.21. The summed E-state index contributed by atoms with van der Waals surface area (Å²) in [5.74, 6) is 0. The molecule has 0 aliphatic heterocycles. The van der Waals surface area contributed by atoms with Gasteiger partial charge in [-0.25, -0.2) is 0 Å². The topological polar surface area (TPSA) is 9.23 Å². The molecule has 0 heterocycles. The van der Waals surface area contributed by atoms with Gasteiger partial charge in [-0.1, -0.05) is 73.8 Å². The Morgan fingerprint density at radius 2 is 0.970 bits per heavy atom. The Kier molecular flexibility index (Phi) is 9.77. The zero-order valence-electron chi connectivity index (χ0n) is 18.3. The second kappa shape index (κ2) is 12.1. The van der Waals surface area contributed by atoms with E-state index >= 15 is 0 Å². The van der Waals surface area contributed by atoms with Crippen LogP contribution in [0.2, 0.25) is 0 Å². The molecule has 7 heteroatoms. The molecule has 180 valence electrons. The molecule has 0 N–H and O–H groups in total. The lowest BCUT2D eigenvalue weighted by Gasteiger charge is -2.26. The number of hydrogen-bond acceptors (Lipinski definition) is 1. The fourth-order valence-electron chi connectivity index (χ4n) is 3.46. The Morgan fingerprint density at radius 1 is 0.636 bits per heavy atom. The first-order valence-corrected chi connectivity index (χ1v) is 10.7. The summed E-state index contributed by atoms with van der Waals surface area (Å²) >= 11 is 0. The van der Waals surface area contributed by atoms with Gasteiger partial charge in [-0.05, 0) is 47.9 Å². The fourth-order valence-corrected chi connectivity index (χ4v) is 3.46. The van der Waals surface area contributed by atoms with Crippen LogP contribution >= 0.6 is 0 Å². The van der Waals surface area contributed by atoms with Crippen LogP contribution in [0, 0.1) is 0 Å². The van der Waals surface area contributed by atoms with Crippen LogP contribution in [0.4, 0.5) is 26.3 Å². The van der Waals surface area contributed by atoms with E-state index in [1.807, 2.05) is 0 Å². The van der Waals surface area contributed by atoms with E-state index in [4.69, 9.17) is 4.74 Å². The summed E-state index contributed by atoms with van der Waals surface area (Å²) in [4.78, 5) is 0. The monoisotopic (exact) mass is 470 g/mol. The van der Waals surface area contributed by atoms with E-state index < -0.39 is 37.4 Å². The van der Waals surface area contributed by atoms with Gasteiger partial charge in [0.1, 0.15) is 0 Å². The zero-order valence-corrected chi connectivity index (χ0v) is 18.3. The van der Waals surface area contributed by atoms with Gasteiger partial charge in [0, 0.05) is 12.8 Å². The maximum absolute atomic E-state index is 12.9. The first-order chi connectivity index (χ1) is 15.5. The molecule has 2 atom stereocenters. The van der Waals surface area contributed by atoms with E-state index in [9.17, 15) is 26.3 Å². The summed E-state index contributed by atoms with van der Waals surface area (Å²) < 4.78 is 83.3. The van der Waals surface area contributed by atoms with Crippen LogP contribution in [0.5, 0.6) is 0 Å². The third-order valence-electron chi connectivity index (χ3n) is 5.24. The number of alkyl halides is 6. The maximum Gasteiger partial charge on any atom is 0.389 e. The highest BCUT2D eigenvalue weighted by Gasteiger charge is 2.32. The molecule has 33 heavy (non-hydrogen) atoms. The standard InChI is InChI=1S/C26H28F6O/c1-3-19-5-9-21(10-6-19)17-23(13-15-25(27,28)29)33-24(14-16-26(30,31)32)18-22-11-7-20(4-2)8-12-22/h3-12,23-24H,1-2,13-18H2. The predicted molar refractivity (Wildman–Crippen MR) is 120 cm³/mol. The Bertz CT molecular complexity index is 792. The lowest BCUT2D eigenvalue weighted by atomic mass is 10.00. The normalized spacial score (nSPS) is 14.0. The summed E-state index contributed by atoms with van der Waals surface area (Å²) in [7, 11) is 0. The molecular formula is C26H28F6O. The van der Waals surface area contributed by atoms with Crippen LogP contribution in [0.3, 0.4) is 0 Å². The fraction of sp³-hybridized carbons (Fsp3) is 0.385. The molecule has 1 nitrogen and oxygen atoms in total. The van der Waals surface area contributed by atoms with Crippen molar-refractivity contribution in [2.75, 3.05) is 0 Å². The highest BCUT2D eigenvalue weighted by atomic mass is 19.4. The SMILES string of the molecule is C=Cc1ccc(CC(CCC(F)(F)F)OC(CCC(F)(F)F)Cc2ccc(C=C)cc2)cc1. The molecule has 0 aliphatic carbocycles. The van der Waals surface area contributed by atoms with E-state index in [2.05, 4.69) is 13.2 Å². The molecule has 0 spiro atoms. The van der Waals surface area contributed by atoms with Crippen molar-refractivity contribution >= 4 is 12.2 Å². The number of rotatable bonds is 12. The molecule has 0 saturated carbocycles. The third-order valence-corrected chi connectivity index (χ3v) is 5.24. The molecule has 0 aliphatic rings. The largest absolute Gasteiger partial charge is 0.389 e. The number of benzene rings is 2. The van der Waals surface area contributed by atoms with Gasteiger partial charge in [0.05, 0.1) is 12.2 Å². The van der Waals surface area contributed by atoms with Gasteiger partial charge in [0.2, 0.25) is 0 Å². The lowest BCUT2D eigenvalue weighted by Crippen LogP contribution is -2.29. The molecule has 0 fully saturated rings. The van der Waals surface area contributed by atoms with E-state index in [1.54, 1.807) is 60.7 Å². The smallest absolute Gasteiger partial charge is 0.374 e. The van der Waals surface area contributed by atoms with Gasteiger partial charge < -0.3 is 4.74 Å². The Balaban J connectivity index is 2.19. The number of hydrogen-bond donors (Lipinski definition) is 0. The second-order valence-electron chi connectivity index (χ2n) is 7.99. The minimum absolute atomic E-state index is 0.172. The number of ether oxygens (including phenoxy) is 1. The first kappa shape index (κ1) is 26.7. The van der Waals surface area contributed by atoms with Gasteiger partial charge in [-0.2, -0.15) is 26.3 Å². The summed E-state index contributed by atoms with van der Waals surface area (Å²) in [6.07, 6.45) is -9.65. The molecule has 0 radical (unpaired) electrons. The minimum Gasteiger partial charge on any atom is -0.374 e. The van der Waals surface area contributed by atoms with E-state index in [0.29, 0.717) is 0 Å². The van der Waals surface area contributed by atoms with Crippen LogP contribution in [-0.4, -0.2) is 24.6 Å². The van der Waals surface area contributed by atoms with Crippen LogP contribution in [0.15, 0.2) is 61.7 Å². The Morgan fingerprint density at radius 3 is 1.24 bits per heavy atom. The molecule has 2 unspecified atom stereocenters. The summed E-state index contributed by atoms with van der Waals surface area (Å²) in [6, 6.07) is 14.2. The van der Waals surface area contributed by atoms with Crippen molar-refractivity contribution in [3.8, 4) is 0 Å². The summed E-state index contributed by atoms with van der Waals surface area (Å²) in [6.45, 7) is 7.32. The average molecular weight is 470 g/mol. The van der Waals surface area contributed by atoms with Crippen LogP contribution in [0.1, 0.15) is 47.9 Å². The van der Waals surface area contributed by atoms with Gasteiger partial charge >= 0.3 is 12.4 Å². The highest BCUT2D eigenvalue weighted by molar-refractivity contribution is 5.47. The van der Waals surface area contributed by atoms with Crippen molar-refractivity contribution in [3.63, 3.8) is 0 Å². The van der Waals surface area contributed by atoms with Gasteiger partial charge in [-0.15, -0.1) is 0 Å². The van der Waals surface area contributed by atoms with Crippen LogP contribution in [-0.2, 0) is 17.6 Å². The molecule has 2 rings (SSSR count). The van der Waals surface area contributed by atoms with Crippen molar-refractivity contribution in [2.24, 2.45) is 0 Å². The third kappa shape index (κ3) is 10.7. The van der Waals surface area contributed by atoms with Crippen molar-refractivity contribution in [1.29, 1.82) is 0 Å². The molecule has 0 amide bonds. The molecule has 0 aromatic heterocycles. The van der Waals surface area contributed by atoms with Crippen molar-refractivity contribution < 1.29 is 31.1 Å². The first-order valence-electron chi connectivity index (χ1n) is 10.7. The molecule has 0 saturated heterocycles. The quantitative estimate of drug-likeness (QED) is 0.284. The average Bonchev–Trinajstić information content (AvgIpc) is 2.75. The maximum atomic E-state index is 12.9. The van der Waals surface area contributed by atoms with E-state index in [0.717, 1.165) is 22.3 Å². The molecule has 2 aromatic carbocycles.